The van der Waals surface area contributed by atoms with Gasteiger partial charge in [-0.25, -0.2) is 0 Å². The van der Waals surface area contributed by atoms with E-state index < -0.39 is 0 Å². The molecule has 3 rings (SSSR count). The van der Waals surface area contributed by atoms with Crippen LogP contribution in [0.15, 0.2) is 30.3 Å². The van der Waals surface area contributed by atoms with E-state index in [0.717, 1.165) is 25.2 Å². The smallest absolute Gasteiger partial charge is 0.253 e. The minimum Gasteiger partial charge on any atom is -0.337 e. The average Bonchev–Trinajstić information content (AvgIpc) is 2.70. The molecule has 2 atom stereocenters. The van der Waals surface area contributed by atoms with E-state index in [1.807, 2.05) is 35.2 Å². The van der Waals surface area contributed by atoms with Crippen molar-refractivity contribution < 1.29 is 4.79 Å². The zero-order valence-electron chi connectivity index (χ0n) is 10.6. The van der Waals surface area contributed by atoms with Crippen molar-refractivity contribution in [3.05, 3.63) is 35.9 Å². The van der Waals surface area contributed by atoms with Crippen LogP contribution in [0.4, 0.5) is 0 Å². The maximum absolute atomic E-state index is 12.4. The van der Waals surface area contributed by atoms with Crippen LogP contribution in [-0.4, -0.2) is 36.5 Å². The summed E-state index contributed by atoms with van der Waals surface area (Å²) in [5.41, 5.74) is 0.814. The minimum atomic E-state index is 0.186. The molecule has 2 fully saturated rings. The highest BCUT2D eigenvalue weighted by Crippen LogP contribution is 2.25. The number of rotatable bonds is 1. The van der Waals surface area contributed by atoms with Crippen molar-refractivity contribution in [1.29, 1.82) is 0 Å². The van der Waals surface area contributed by atoms with Crippen molar-refractivity contribution in [3.63, 3.8) is 0 Å². The molecule has 0 aromatic heterocycles. The second-order valence-electron chi connectivity index (χ2n) is 5.39. The van der Waals surface area contributed by atoms with Gasteiger partial charge >= 0.3 is 0 Å². The predicted octanol–water partition coefficient (Wildman–Crippen LogP) is 1.90. The van der Waals surface area contributed by atoms with Crippen molar-refractivity contribution in [1.82, 2.24) is 10.2 Å². The first kappa shape index (κ1) is 11.7. The lowest BCUT2D eigenvalue weighted by Crippen LogP contribution is -2.36. The standard InChI is InChI=1S/C15H20N2O/c18-15(12-6-2-1-3-7-12)17-10-13-8-4-5-9-16-14(13)11-17/h1-3,6-7,13-14,16H,4-5,8-11H2/t13-,14+/m0/s1. The number of fused-ring (bicyclic) bond motifs is 1. The van der Waals surface area contributed by atoms with Gasteiger partial charge in [0, 0.05) is 24.7 Å². The molecule has 0 radical (unpaired) electrons. The van der Waals surface area contributed by atoms with Crippen LogP contribution in [0.2, 0.25) is 0 Å². The Kier molecular flexibility index (Phi) is 3.33. The van der Waals surface area contributed by atoms with Gasteiger partial charge in [-0.15, -0.1) is 0 Å². The van der Waals surface area contributed by atoms with E-state index >= 15 is 0 Å². The summed E-state index contributed by atoms with van der Waals surface area (Å²) in [6, 6.07) is 10.1. The van der Waals surface area contributed by atoms with Gasteiger partial charge in [-0.2, -0.15) is 0 Å². The SMILES string of the molecule is O=C(c1ccccc1)N1C[C@@H]2CCCCN[C@@H]2C1. The maximum Gasteiger partial charge on any atom is 0.253 e. The Morgan fingerprint density at radius 1 is 1.17 bits per heavy atom. The van der Waals surface area contributed by atoms with Gasteiger partial charge in [0.1, 0.15) is 0 Å². The van der Waals surface area contributed by atoms with Crippen LogP contribution >= 0.6 is 0 Å². The zero-order chi connectivity index (χ0) is 12.4. The summed E-state index contributed by atoms with van der Waals surface area (Å²) < 4.78 is 0. The molecule has 2 aliphatic heterocycles. The van der Waals surface area contributed by atoms with Crippen LogP contribution in [0.1, 0.15) is 29.6 Å². The molecule has 2 heterocycles. The number of carbonyl (C=O) groups excluding carboxylic acids is 1. The van der Waals surface area contributed by atoms with Gasteiger partial charge in [-0.05, 0) is 37.4 Å². The molecule has 1 N–H and O–H groups in total. The Bertz CT molecular complexity index is 404. The van der Waals surface area contributed by atoms with Gasteiger partial charge in [0.15, 0.2) is 0 Å². The molecule has 1 amide bonds. The number of hydrogen-bond acceptors (Lipinski definition) is 2. The van der Waals surface area contributed by atoms with Gasteiger partial charge in [0.25, 0.3) is 5.91 Å². The monoisotopic (exact) mass is 244 g/mol. The molecule has 2 saturated heterocycles. The van der Waals surface area contributed by atoms with Crippen molar-refractivity contribution in [2.24, 2.45) is 5.92 Å². The molecular weight excluding hydrogens is 224 g/mol. The van der Waals surface area contributed by atoms with Crippen LogP contribution in [0, 0.1) is 5.92 Å². The molecule has 0 saturated carbocycles. The summed E-state index contributed by atoms with van der Waals surface area (Å²) >= 11 is 0. The Morgan fingerprint density at radius 2 is 2.00 bits per heavy atom. The molecule has 1 aromatic rings. The Balaban J connectivity index is 1.70. The molecular formula is C15H20N2O. The van der Waals surface area contributed by atoms with E-state index in [9.17, 15) is 4.79 Å². The summed E-state index contributed by atoms with van der Waals surface area (Å²) in [5, 5.41) is 3.59. The Hall–Kier alpha value is -1.35. The summed E-state index contributed by atoms with van der Waals surface area (Å²) in [6.07, 6.45) is 3.83. The van der Waals surface area contributed by atoms with E-state index in [4.69, 9.17) is 0 Å². The number of benzene rings is 1. The molecule has 2 aliphatic rings. The molecule has 0 aliphatic carbocycles. The number of likely N-dealkylation sites (tertiary alicyclic amines) is 1. The van der Waals surface area contributed by atoms with Gasteiger partial charge in [-0.3, -0.25) is 4.79 Å². The third kappa shape index (κ3) is 2.27. The first-order valence-corrected chi connectivity index (χ1v) is 6.92. The van der Waals surface area contributed by atoms with E-state index in [1.54, 1.807) is 0 Å². The van der Waals surface area contributed by atoms with Gasteiger partial charge in [0.05, 0.1) is 0 Å². The average molecular weight is 244 g/mol. The first-order chi connectivity index (χ1) is 8.84. The lowest BCUT2D eigenvalue weighted by Gasteiger charge is -2.17. The van der Waals surface area contributed by atoms with Crippen LogP contribution in [0.5, 0.6) is 0 Å². The number of nitrogens with one attached hydrogen (secondary N) is 1. The number of hydrogen-bond donors (Lipinski definition) is 1. The van der Waals surface area contributed by atoms with Crippen LogP contribution in [0.25, 0.3) is 0 Å². The normalized spacial score (nSPS) is 27.7. The highest BCUT2D eigenvalue weighted by molar-refractivity contribution is 5.94. The zero-order valence-corrected chi connectivity index (χ0v) is 10.6. The second kappa shape index (κ2) is 5.11. The molecule has 3 heteroatoms. The van der Waals surface area contributed by atoms with Gasteiger partial charge in [-0.1, -0.05) is 24.6 Å². The molecule has 0 spiro atoms. The molecule has 0 bridgehead atoms. The topological polar surface area (TPSA) is 32.3 Å². The van der Waals surface area contributed by atoms with E-state index in [0.29, 0.717) is 12.0 Å². The Labute approximate surface area is 108 Å². The molecule has 0 unspecified atom stereocenters. The molecule has 3 nitrogen and oxygen atoms in total. The van der Waals surface area contributed by atoms with Crippen LogP contribution in [-0.2, 0) is 0 Å². The summed E-state index contributed by atoms with van der Waals surface area (Å²) in [7, 11) is 0. The third-order valence-corrected chi connectivity index (χ3v) is 4.16. The van der Waals surface area contributed by atoms with E-state index in [1.165, 1.54) is 19.3 Å². The predicted molar refractivity (Wildman–Crippen MR) is 71.5 cm³/mol. The number of amides is 1. The third-order valence-electron chi connectivity index (χ3n) is 4.16. The van der Waals surface area contributed by atoms with Gasteiger partial charge in [0.2, 0.25) is 0 Å². The van der Waals surface area contributed by atoms with Crippen LogP contribution < -0.4 is 5.32 Å². The van der Waals surface area contributed by atoms with Crippen molar-refractivity contribution >= 4 is 5.91 Å². The van der Waals surface area contributed by atoms with Crippen molar-refractivity contribution in [3.8, 4) is 0 Å². The lowest BCUT2D eigenvalue weighted by atomic mass is 9.99. The van der Waals surface area contributed by atoms with Crippen LogP contribution in [0.3, 0.4) is 0 Å². The molecule has 1 aromatic carbocycles. The summed E-state index contributed by atoms with van der Waals surface area (Å²) in [4.78, 5) is 14.4. The van der Waals surface area contributed by atoms with E-state index in [-0.39, 0.29) is 5.91 Å². The summed E-state index contributed by atoms with van der Waals surface area (Å²) in [6.45, 7) is 2.90. The number of nitrogens with zero attached hydrogens (tertiary/aromatic N) is 1. The van der Waals surface area contributed by atoms with E-state index in [2.05, 4.69) is 5.32 Å². The maximum atomic E-state index is 12.4. The fraction of sp³-hybridized carbons (Fsp3) is 0.533. The Morgan fingerprint density at radius 3 is 2.83 bits per heavy atom. The fourth-order valence-corrected chi connectivity index (χ4v) is 3.14. The largest absolute Gasteiger partial charge is 0.337 e. The second-order valence-corrected chi connectivity index (χ2v) is 5.39. The van der Waals surface area contributed by atoms with Crippen molar-refractivity contribution in [2.45, 2.75) is 25.3 Å². The molecule has 18 heavy (non-hydrogen) atoms. The van der Waals surface area contributed by atoms with Crippen molar-refractivity contribution in [2.75, 3.05) is 19.6 Å². The molecule has 96 valence electrons. The first-order valence-electron chi connectivity index (χ1n) is 6.92. The lowest BCUT2D eigenvalue weighted by molar-refractivity contribution is 0.0784. The quantitative estimate of drug-likeness (QED) is 0.818. The highest BCUT2D eigenvalue weighted by Gasteiger charge is 2.35. The van der Waals surface area contributed by atoms with Gasteiger partial charge < -0.3 is 10.2 Å². The highest BCUT2D eigenvalue weighted by atomic mass is 16.2. The fourth-order valence-electron chi connectivity index (χ4n) is 3.14. The minimum absolute atomic E-state index is 0.186. The summed E-state index contributed by atoms with van der Waals surface area (Å²) in [5.74, 6) is 0.839. The number of carbonyl (C=O) groups is 1.